The van der Waals surface area contributed by atoms with Gasteiger partial charge in [-0.3, -0.25) is 23.9 Å². The van der Waals surface area contributed by atoms with Crippen LogP contribution in [-0.2, 0) is 25.4 Å². The van der Waals surface area contributed by atoms with Crippen LogP contribution in [0, 0.1) is 19.7 Å². The van der Waals surface area contributed by atoms with Crippen LogP contribution in [0.25, 0.3) is 22.3 Å². The molecule has 2 amide bonds. The third-order valence-corrected chi connectivity index (χ3v) is 8.63. The number of aryl methyl sites for hydroxylation is 1. The zero-order valence-electron chi connectivity index (χ0n) is 26.9. The highest BCUT2D eigenvalue weighted by molar-refractivity contribution is 6.04. The fourth-order valence-electron chi connectivity index (χ4n) is 6.08. The van der Waals surface area contributed by atoms with E-state index in [9.17, 15) is 19.2 Å². The Bertz CT molecular complexity index is 1960. The highest BCUT2D eigenvalue weighted by Gasteiger charge is 2.24. The maximum absolute atomic E-state index is 15.7. The van der Waals surface area contributed by atoms with Crippen LogP contribution in [0.4, 0.5) is 10.1 Å². The van der Waals surface area contributed by atoms with E-state index in [1.165, 1.54) is 38.0 Å². The van der Waals surface area contributed by atoms with Crippen molar-refractivity contribution in [2.24, 2.45) is 14.1 Å². The molecule has 1 aliphatic heterocycles. The highest BCUT2D eigenvalue weighted by atomic mass is 19.1. The lowest BCUT2D eigenvalue weighted by Crippen LogP contribution is -2.40. The van der Waals surface area contributed by atoms with Gasteiger partial charge in [0.2, 0.25) is 5.91 Å². The van der Waals surface area contributed by atoms with Gasteiger partial charge in [0, 0.05) is 57.1 Å². The van der Waals surface area contributed by atoms with Gasteiger partial charge in [-0.1, -0.05) is 30.3 Å². The Morgan fingerprint density at radius 1 is 1.04 bits per heavy atom. The molecule has 5 rings (SSSR count). The molecule has 2 heterocycles. The molecule has 3 aromatic carbocycles. The van der Waals surface area contributed by atoms with E-state index in [4.69, 9.17) is 4.74 Å². The lowest BCUT2D eigenvalue weighted by atomic mass is 9.90. The second-order valence-corrected chi connectivity index (χ2v) is 11.8. The number of amides is 2. The van der Waals surface area contributed by atoms with Crippen LogP contribution in [0.5, 0.6) is 5.75 Å². The van der Waals surface area contributed by atoms with E-state index in [1.54, 1.807) is 6.07 Å². The van der Waals surface area contributed by atoms with Crippen molar-refractivity contribution in [3.63, 3.8) is 0 Å². The molecule has 0 spiro atoms. The third-order valence-electron chi connectivity index (χ3n) is 8.63. The predicted molar refractivity (Wildman–Crippen MR) is 176 cm³/mol. The van der Waals surface area contributed by atoms with Crippen LogP contribution >= 0.6 is 0 Å². The summed E-state index contributed by atoms with van der Waals surface area (Å²) in [6.45, 7) is 4.77. The summed E-state index contributed by atoms with van der Waals surface area (Å²) in [6, 6.07) is 14.7. The van der Waals surface area contributed by atoms with Crippen LogP contribution < -0.4 is 26.6 Å². The van der Waals surface area contributed by atoms with Gasteiger partial charge in [-0.2, -0.15) is 0 Å². The second kappa shape index (κ2) is 13.1. The predicted octanol–water partition coefficient (Wildman–Crippen LogP) is 4.15. The van der Waals surface area contributed by atoms with Crippen LogP contribution in [0.1, 0.15) is 39.9 Å². The molecule has 0 aliphatic carbocycles. The minimum absolute atomic E-state index is 0.0455. The molecule has 0 unspecified atom stereocenters. The quantitative estimate of drug-likeness (QED) is 0.288. The SMILES string of the molecule is COc1cc(-c2cccc(-c3cccc(NC(=O)c4cn(C)c(=O)n(C)c4=O)c3C)c2C)cc(F)c1CN(C)C[C@@H]1CCC(=O)N1. The van der Waals surface area contributed by atoms with Gasteiger partial charge in [0.15, 0.2) is 0 Å². The van der Waals surface area contributed by atoms with E-state index in [0.29, 0.717) is 42.1 Å². The van der Waals surface area contributed by atoms with Gasteiger partial charge in [-0.25, -0.2) is 9.18 Å². The number of rotatable bonds is 9. The fourth-order valence-corrected chi connectivity index (χ4v) is 6.08. The number of nitrogens with zero attached hydrogens (tertiary/aromatic N) is 3. The molecule has 1 aromatic heterocycles. The number of carbonyl (C=O) groups excluding carboxylic acids is 2. The Morgan fingerprint density at radius 2 is 1.72 bits per heavy atom. The summed E-state index contributed by atoms with van der Waals surface area (Å²) >= 11 is 0. The number of hydrogen-bond acceptors (Lipinski definition) is 6. The Hall–Kier alpha value is -5.03. The smallest absolute Gasteiger partial charge is 0.330 e. The first kappa shape index (κ1) is 32.4. The molecule has 0 saturated carbocycles. The lowest BCUT2D eigenvalue weighted by Gasteiger charge is -2.23. The maximum Gasteiger partial charge on any atom is 0.330 e. The van der Waals surface area contributed by atoms with Gasteiger partial charge in [0.1, 0.15) is 17.1 Å². The van der Waals surface area contributed by atoms with Gasteiger partial charge >= 0.3 is 5.69 Å². The summed E-state index contributed by atoms with van der Waals surface area (Å²) in [6.07, 6.45) is 2.51. The minimum Gasteiger partial charge on any atom is -0.496 e. The summed E-state index contributed by atoms with van der Waals surface area (Å²) < 4.78 is 23.4. The number of benzene rings is 3. The van der Waals surface area contributed by atoms with Crippen molar-refractivity contribution in [2.75, 3.05) is 26.0 Å². The Balaban J connectivity index is 1.44. The van der Waals surface area contributed by atoms with Gasteiger partial charge in [-0.15, -0.1) is 0 Å². The fraction of sp³-hybridized carbons (Fsp3) is 0.314. The molecule has 0 bridgehead atoms. The van der Waals surface area contributed by atoms with Crippen molar-refractivity contribution >= 4 is 17.5 Å². The minimum atomic E-state index is -0.680. The monoisotopic (exact) mass is 627 g/mol. The number of halogens is 1. The molecule has 1 atom stereocenters. The molecule has 240 valence electrons. The molecule has 4 aromatic rings. The summed E-state index contributed by atoms with van der Waals surface area (Å²) in [5.41, 5.74) is 4.53. The largest absolute Gasteiger partial charge is 0.496 e. The summed E-state index contributed by atoms with van der Waals surface area (Å²) in [4.78, 5) is 51.4. The molecule has 1 saturated heterocycles. The van der Waals surface area contributed by atoms with E-state index in [1.807, 2.05) is 62.2 Å². The molecule has 0 radical (unpaired) electrons. The van der Waals surface area contributed by atoms with Gasteiger partial charge in [0.25, 0.3) is 11.5 Å². The van der Waals surface area contributed by atoms with Gasteiger partial charge in [-0.05, 0) is 78.9 Å². The number of methoxy groups -OCH3 is 1. The van der Waals surface area contributed by atoms with Crippen molar-refractivity contribution in [1.82, 2.24) is 19.4 Å². The zero-order chi connectivity index (χ0) is 33.3. The number of likely N-dealkylation sites (N-methyl/N-ethyl adjacent to an activating group) is 1. The standard InChI is InChI=1S/C35H38FN5O5/c1-20-24(22-15-29(36)27(31(16-22)46-6)18-39(3)17-23-13-14-32(42)37-23)9-7-10-25(20)26-11-8-12-30(21(26)2)38-33(43)28-19-40(4)35(45)41(5)34(28)44/h7-12,15-16,19,23H,13-14,17-18H2,1-6H3,(H,37,42)(H,38,43)/t23-/m0/s1. The first-order valence-corrected chi connectivity index (χ1v) is 15.0. The molecule has 1 aliphatic rings. The number of carbonyl (C=O) groups is 2. The maximum atomic E-state index is 15.7. The number of ether oxygens (including phenoxy) is 1. The Kier molecular flexibility index (Phi) is 9.24. The average molecular weight is 628 g/mol. The number of hydrogen-bond donors (Lipinski definition) is 2. The van der Waals surface area contributed by atoms with Crippen LogP contribution in [0.2, 0.25) is 0 Å². The first-order chi connectivity index (χ1) is 21.9. The lowest BCUT2D eigenvalue weighted by molar-refractivity contribution is -0.119. The molecular weight excluding hydrogens is 589 g/mol. The Morgan fingerprint density at radius 3 is 2.39 bits per heavy atom. The number of nitrogens with one attached hydrogen (secondary N) is 2. The molecule has 10 nitrogen and oxygen atoms in total. The van der Waals surface area contributed by atoms with E-state index in [2.05, 4.69) is 10.6 Å². The topological polar surface area (TPSA) is 115 Å². The van der Waals surface area contributed by atoms with Crippen LogP contribution in [-0.4, -0.2) is 52.6 Å². The Labute approximate surface area is 266 Å². The van der Waals surface area contributed by atoms with Gasteiger partial charge in [0.05, 0.1) is 7.11 Å². The highest BCUT2D eigenvalue weighted by Crippen LogP contribution is 2.38. The van der Waals surface area contributed by atoms with E-state index >= 15 is 4.39 Å². The molecule has 46 heavy (non-hydrogen) atoms. The van der Waals surface area contributed by atoms with Crippen molar-refractivity contribution in [3.05, 3.63) is 104 Å². The van der Waals surface area contributed by atoms with Crippen molar-refractivity contribution in [1.29, 1.82) is 0 Å². The normalized spacial score (nSPS) is 14.4. The van der Waals surface area contributed by atoms with Crippen LogP contribution in [0.3, 0.4) is 0 Å². The van der Waals surface area contributed by atoms with Crippen molar-refractivity contribution < 1.29 is 18.7 Å². The first-order valence-electron chi connectivity index (χ1n) is 15.0. The zero-order valence-corrected chi connectivity index (χ0v) is 26.9. The van der Waals surface area contributed by atoms with Crippen molar-refractivity contribution in [3.8, 4) is 28.0 Å². The summed E-state index contributed by atoms with van der Waals surface area (Å²) in [7, 11) is 6.23. The molecule has 1 fully saturated rings. The number of anilines is 1. The van der Waals surface area contributed by atoms with Crippen molar-refractivity contribution in [2.45, 2.75) is 39.3 Å². The van der Waals surface area contributed by atoms with E-state index in [0.717, 1.165) is 38.8 Å². The number of aromatic nitrogens is 2. The molecule has 2 N–H and O–H groups in total. The molecular formula is C35H38FN5O5. The summed E-state index contributed by atoms with van der Waals surface area (Å²) in [5.74, 6) is -0.521. The van der Waals surface area contributed by atoms with E-state index < -0.39 is 17.2 Å². The average Bonchev–Trinajstić information content (AvgIpc) is 3.43. The summed E-state index contributed by atoms with van der Waals surface area (Å²) in [5, 5.41) is 5.78. The van der Waals surface area contributed by atoms with E-state index in [-0.39, 0.29) is 23.3 Å². The van der Waals surface area contributed by atoms with Crippen LogP contribution in [0.15, 0.2) is 64.3 Å². The van der Waals surface area contributed by atoms with Gasteiger partial charge < -0.3 is 19.9 Å². The molecule has 11 heteroatoms. The third kappa shape index (κ3) is 6.36. The second-order valence-electron chi connectivity index (χ2n) is 11.8.